The summed E-state index contributed by atoms with van der Waals surface area (Å²) in [6, 6.07) is -0.343. The molecule has 0 aliphatic heterocycles. The number of hydrogen-bond donors (Lipinski definition) is 2. The zero-order valence-corrected chi connectivity index (χ0v) is 10.4. The molecule has 0 rings (SSSR count). The standard InChI is InChI=1S/C11H25N3O/c1-9(2)8-10(12)11(15)14(4)7-5-6-13-3/h9-10,13H,5-8,12H2,1-4H3. The molecule has 1 atom stereocenters. The highest BCUT2D eigenvalue weighted by Crippen LogP contribution is 2.05. The van der Waals surface area contributed by atoms with Crippen molar-refractivity contribution in [2.45, 2.75) is 32.7 Å². The number of likely N-dealkylation sites (N-methyl/N-ethyl adjacent to an activating group) is 1. The van der Waals surface area contributed by atoms with E-state index in [2.05, 4.69) is 19.2 Å². The summed E-state index contributed by atoms with van der Waals surface area (Å²) in [6.07, 6.45) is 1.72. The lowest BCUT2D eigenvalue weighted by atomic mass is 10.0. The van der Waals surface area contributed by atoms with Gasteiger partial charge in [-0.2, -0.15) is 0 Å². The Balaban J connectivity index is 3.85. The van der Waals surface area contributed by atoms with Gasteiger partial charge in [0.25, 0.3) is 0 Å². The monoisotopic (exact) mass is 215 g/mol. The Kier molecular flexibility index (Phi) is 7.34. The Hall–Kier alpha value is -0.610. The highest BCUT2D eigenvalue weighted by Gasteiger charge is 2.18. The van der Waals surface area contributed by atoms with Crippen molar-refractivity contribution in [3.05, 3.63) is 0 Å². The minimum absolute atomic E-state index is 0.0554. The minimum atomic E-state index is -0.343. The predicted octanol–water partition coefficient (Wildman–Crippen LogP) is 0.428. The van der Waals surface area contributed by atoms with Gasteiger partial charge in [0.15, 0.2) is 0 Å². The first-order chi connectivity index (χ1) is 6.99. The van der Waals surface area contributed by atoms with Crippen LogP contribution in [-0.4, -0.2) is 44.0 Å². The third-order valence-corrected chi connectivity index (χ3v) is 2.34. The number of amides is 1. The Morgan fingerprint density at radius 3 is 2.53 bits per heavy atom. The van der Waals surface area contributed by atoms with E-state index in [1.807, 2.05) is 14.1 Å². The summed E-state index contributed by atoms with van der Waals surface area (Å²) in [7, 11) is 3.73. The van der Waals surface area contributed by atoms with Crippen molar-refractivity contribution in [3.63, 3.8) is 0 Å². The average Bonchev–Trinajstić information content (AvgIpc) is 2.15. The summed E-state index contributed by atoms with van der Waals surface area (Å²) in [5.41, 5.74) is 5.82. The molecule has 0 heterocycles. The molecule has 1 amide bonds. The fourth-order valence-electron chi connectivity index (χ4n) is 1.49. The quantitative estimate of drug-likeness (QED) is 0.605. The predicted molar refractivity (Wildman–Crippen MR) is 63.6 cm³/mol. The van der Waals surface area contributed by atoms with Crippen molar-refractivity contribution in [3.8, 4) is 0 Å². The molecular formula is C11H25N3O. The minimum Gasteiger partial charge on any atom is -0.344 e. The second kappa shape index (κ2) is 7.65. The van der Waals surface area contributed by atoms with E-state index in [0.29, 0.717) is 5.92 Å². The fraction of sp³-hybridized carbons (Fsp3) is 0.909. The second-order valence-corrected chi connectivity index (χ2v) is 4.45. The van der Waals surface area contributed by atoms with Gasteiger partial charge in [-0.1, -0.05) is 13.8 Å². The van der Waals surface area contributed by atoms with E-state index in [1.54, 1.807) is 4.90 Å². The van der Waals surface area contributed by atoms with Crippen molar-refractivity contribution < 1.29 is 4.79 Å². The van der Waals surface area contributed by atoms with Crippen molar-refractivity contribution in [2.24, 2.45) is 11.7 Å². The summed E-state index contributed by atoms with van der Waals surface area (Å²) in [6.45, 7) is 5.85. The molecule has 0 spiro atoms. The zero-order chi connectivity index (χ0) is 11.8. The fourth-order valence-corrected chi connectivity index (χ4v) is 1.49. The first kappa shape index (κ1) is 14.4. The first-order valence-corrected chi connectivity index (χ1v) is 5.64. The Morgan fingerprint density at radius 1 is 1.47 bits per heavy atom. The summed E-state index contributed by atoms with van der Waals surface area (Å²) < 4.78 is 0. The molecular weight excluding hydrogens is 190 g/mol. The number of carbonyl (C=O) groups is 1. The molecule has 0 radical (unpaired) electrons. The Labute approximate surface area is 93.2 Å². The van der Waals surface area contributed by atoms with Crippen LogP contribution < -0.4 is 11.1 Å². The van der Waals surface area contributed by atoms with Gasteiger partial charge in [-0.25, -0.2) is 0 Å². The molecule has 15 heavy (non-hydrogen) atoms. The van der Waals surface area contributed by atoms with Crippen LogP contribution >= 0.6 is 0 Å². The normalized spacial score (nSPS) is 12.9. The van der Waals surface area contributed by atoms with Crippen molar-refractivity contribution in [1.82, 2.24) is 10.2 Å². The molecule has 4 heteroatoms. The van der Waals surface area contributed by atoms with E-state index in [0.717, 1.165) is 25.9 Å². The molecule has 0 aromatic heterocycles. The van der Waals surface area contributed by atoms with Gasteiger partial charge < -0.3 is 16.0 Å². The Morgan fingerprint density at radius 2 is 2.07 bits per heavy atom. The third kappa shape index (κ3) is 6.47. The first-order valence-electron chi connectivity index (χ1n) is 5.64. The molecule has 0 aromatic carbocycles. The molecule has 0 aliphatic rings. The zero-order valence-electron chi connectivity index (χ0n) is 10.4. The average molecular weight is 215 g/mol. The lowest BCUT2D eigenvalue weighted by Gasteiger charge is -2.22. The topological polar surface area (TPSA) is 58.4 Å². The summed E-state index contributed by atoms with van der Waals surface area (Å²) in [5, 5.41) is 3.05. The molecule has 0 saturated heterocycles. The number of carbonyl (C=O) groups excluding carboxylic acids is 1. The van der Waals surface area contributed by atoms with Crippen LogP contribution in [0.25, 0.3) is 0 Å². The van der Waals surface area contributed by atoms with Gasteiger partial charge in [0, 0.05) is 13.6 Å². The molecule has 0 aromatic rings. The maximum absolute atomic E-state index is 11.8. The van der Waals surface area contributed by atoms with Crippen LogP contribution in [0.5, 0.6) is 0 Å². The van der Waals surface area contributed by atoms with Gasteiger partial charge in [0.1, 0.15) is 0 Å². The molecule has 4 nitrogen and oxygen atoms in total. The molecule has 3 N–H and O–H groups in total. The van der Waals surface area contributed by atoms with Crippen molar-refractivity contribution >= 4 is 5.91 Å². The highest BCUT2D eigenvalue weighted by molar-refractivity contribution is 5.81. The molecule has 0 aliphatic carbocycles. The maximum Gasteiger partial charge on any atom is 0.239 e. The lowest BCUT2D eigenvalue weighted by Crippen LogP contribution is -2.43. The van der Waals surface area contributed by atoms with Crippen LogP contribution in [0.15, 0.2) is 0 Å². The largest absolute Gasteiger partial charge is 0.344 e. The SMILES string of the molecule is CNCCCN(C)C(=O)C(N)CC(C)C. The van der Waals surface area contributed by atoms with Crippen molar-refractivity contribution in [1.29, 1.82) is 0 Å². The Bertz CT molecular complexity index is 183. The molecule has 0 fully saturated rings. The second-order valence-electron chi connectivity index (χ2n) is 4.45. The summed E-state index contributed by atoms with van der Waals surface area (Å²) in [5.74, 6) is 0.523. The van der Waals surface area contributed by atoms with Crippen LogP contribution in [0.2, 0.25) is 0 Å². The van der Waals surface area contributed by atoms with E-state index in [9.17, 15) is 4.79 Å². The summed E-state index contributed by atoms with van der Waals surface area (Å²) in [4.78, 5) is 13.5. The van der Waals surface area contributed by atoms with Crippen LogP contribution in [0.4, 0.5) is 0 Å². The lowest BCUT2D eigenvalue weighted by molar-refractivity contribution is -0.131. The maximum atomic E-state index is 11.8. The van der Waals surface area contributed by atoms with E-state index >= 15 is 0 Å². The number of nitrogens with one attached hydrogen (secondary N) is 1. The smallest absolute Gasteiger partial charge is 0.239 e. The molecule has 1 unspecified atom stereocenters. The number of rotatable bonds is 7. The number of nitrogens with two attached hydrogens (primary N) is 1. The van der Waals surface area contributed by atoms with Crippen molar-refractivity contribution in [2.75, 3.05) is 27.2 Å². The number of nitrogens with zero attached hydrogens (tertiary/aromatic N) is 1. The van der Waals surface area contributed by atoms with Gasteiger partial charge in [-0.3, -0.25) is 4.79 Å². The van der Waals surface area contributed by atoms with E-state index in [-0.39, 0.29) is 11.9 Å². The van der Waals surface area contributed by atoms with E-state index < -0.39 is 0 Å². The van der Waals surface area contributed by atoms with Crippen LogP contribution in [0.1, 0.15) is 26.7 Å². The van der Waals surface area contributed by atoms with Gasteiger partial charge in [0.05, 0.1) is 6.04 Å². The molecule has 90 valence electrons. The molecule has 0 bridgehead atoms. The van der Waals surface area contributed by atoms with Gasteiger partial charge in [0.2, 0.25) is 5.91 Å². The van der Waals surface area contributed by atoms with Crippen LogP contribution in [0.3, 0.4) is 0 Å². The van der Waals surface area contributed by atoms with E-state index in [1.165, 1.54) is 0 Å². The van der Waals surface area contributed by atoms with Crippen LogP contribution in [-0.2, 0) is 4.79 Å². The van der Waals surface area contributed by atoms with Gasteiger partial charge >= 0.3 is 0 Å². The third-order valence-electron chi connectivity index (χ3n) is 2.34. The highest BCUT2D eigenvalue weighted by atomic mass is 16.2. The van der Waals surface area contributed by atoms with Gasteiger partial charge in [-0.05, 0) is 32.4 Å². The van der Waals surface area contributed by atoms with Gasteiger partial charge in [-0.15, -0.1) is 0 Å². The van der Waals surface area contributed by atoms with E-state index in [4.69, 9.17) is 5.73 Å². The van der Waals surface area contributed by atoms with Crippen LogP contribution in [0, 0.1) is 5.92 Å². The summed E-state index contributed by atoms with van der Waals surface area (Å²) >= 11 is 0. The number of hydrogen-bond acceptors (Lipinski definition) is 3. The molecule has 0 saturated carbocycles.